The fourth-order valence-electron chi connectivity index (χ4n) is 1.78. The number of hydrogen-bond acceptors (Lipinski definition) is 3. The topological polar surface area (TPSA) is 61.7 Å². The second-order valence-corrected chi connectivity index (χ2v) is 5.57. The van der Waals surface area contributed by atoms with Gasteiger partial charge in [-0.15, -0.1) is 0 Å². The Labute approximate surface area is 131 Å². The molecule has 0 heterocycles. The lowest BCUT2D eigenvalue weighted by Gasteiger charge is -2.02. The highest BCUT2D eigenvalue weighted by Crippen LogP contribution is 2.15. The molecule has 2 aromatic rings. The Morgan fingerprint density at radius 3 is 2.71 bits per heavy atom. The first kappa shape index (κ1) is 15.3. The van der Waals surface area contributed by atoms with Gasteiger partial charge in [0.25, 0.3) is 0 Å². The number of carbonyl (C=O) groups excluding carboxylic acids is 1. The maximum Gasteiger partial charge on any atom is 0.244 e. The zero-order valence-electron chi connectivity index (χ0n) is 11.5. The molecule has 0 unspecified atom stereocenters. The van der Waals surface area contributed by atoms with E-state index in [-0.39, 0.29) is 18.1 Å². The van der Waals surface area contributed by atoms with Gasteiger partial charge in [0.2, 0.25) is 5.91 Å². The molecule has 108 valence electrons. The Hall–Kier alpha value is -2.14. The van der Waals surface area contributed by atoms with E-state index in [1.165, 1.54) is 6.21 Å². The molecule has 0 spiro atoms. The van der Waals surface area contributed by atoms with E-state index in [1.54, 1.807) is 18.2 Å². The summed E-state index contributed by atoms with van der Waals surface area (Å²) in [5.74, 6) is -0.0766. The fourth-order valence-corrected chi connectivity index (χ4v) is 2.04. The number of hydrogen-bond donors (Lipinski definition) is 2. The van der Waals surface area contributed by atoms with Gasteiger partial charge < -0.3 is 5.11 Å². The number of benzene rings is 2. The minimum atomic E-state index is -0.208. The highest BCUT2D eigenvalue weighted by Gasteiger charge is 2.02. The van der Waals surface area contributed by atoms with Gasteiger partial charge in [0.15, 0.2) is 0 Å². The first-order valence-electron chi connectivity index (χ1n) is 6.40. The summed E-state index contributed by atoms with van der Waals surface area (Å²) in [4.78, 5) is 11.7. The smallest absolute Gasteiger partial charge is 0.244 e. The summed E-state index contributed by atoms with van der Waals surface area (Å²) in [7, 11) is 0. The molecular formula is C16H15BrN2O2. The lowest BCUT2D eigenvalue weighted by atomic mass is 10.1. The summed E-state index contributed by atoms with van der Waals surface area (Å²) >= 11 is 3.34. The molecule has 4 nitrogen and oxygen atoms in total. The molecule has 5 heteroatoms. The van der Waals surface area contributed by atoms with Crippen LogP contribution in [0.2, 0.25) is 0 Å². The van der Waals surface area contributed by atoms with Gasteiger partial charge in [-0.1, -0.05) is 39.7 Å². The van der Waals surface area contributed by atoms with Crippen LogP contribution in [0.3, 0.4) is 0 Å². The first-order chi connectivity index (χ1) is 10.0. The second kappa shape index (κ2) is 7.04. The van der Waals surface area contributed by atoms with Crippen LogP contribution in [0.15, 0.2) is 52.0 Å². The average molecular weight is 347 g/mol. The van der Waals surface area contributed by atoms with Crippen molar-refractivity contribution >= 4 is 28.1 Å². The van der Waals surface area contributed by atoms with Crippen molar-refractivity contribution in [3.05, 3.63) is 63.6 Å². The highest BCUT2D eigenvalue weighted by molar-refractivity contribution is 9.10. The molecule has 0 aromatic heterocycles. The minimum absolute atomic E-state index is 0.131. The number of amides is 1. The van der Waals surface area contributed by atoms with Gasteiger partial charge in [-0.3, -0.25) is 4.79 Å². The molecule has 0 aliphatic carbocycles. The molecular weight excluding hydrogens is 332 g/mol. The van der Waals surface area contributed by atoms with E-state index in [1.807, 2.05) is 31.2 Å². The Balaban J connectivity index is 1.93. The summed E-state index contributed by atoms with van der Waals surface area (Å²) in [6, 6.07) is 12.7. The van der Waals surface area contributed by atoms with Crippen LogP contribution < -0.4 is 5.43 Å². The van der Waals surface area contributed by atoms with Gasteiger partial charge in [-0.05, 0) is 36.8 Å². The van der Waals surface area contributed by atoms with E-state index >= 15 is 0 Å². The Morgan fingerprint density at radius 1 is 1.29 bits per heavy atom. The number of aromatic hydroxyl groups is 1. The van der Waals surface area contributed by atoms with Crippen LogP contribution in [0.25, 0.3) is 0 Å². The van der Waals surface area contributed by atoms with Crippen molar-refractivity contribution in [2.75, 3.05) is 0 Å². The lowest BCUT2D eigenvalue weighted by molar-refractivity contribution is -0.120. The summed E-state index contributed by atoms with van der Waals surface area (Å²) in [5.41, 5.74) is 4.93. The monoisotopic (exact) mass is 346 g/mol. The molecule has 0 aliphatic heterocycles. The summed E-state index contributed by atoms with van der Waals surface area (Å²) in [6.45, 7) is 1.92. The number of phenolic OH excluding ortho intramolecular Hbond substituents is 1. The van der Waals surface area contributed by atoms with Crippen molar-refractivity contribution in [3.63, 3.8) is 0 Å². The van der Waals surface area contributed by atoms with Gasteiger partial charge in [-0.25, -0.2) is 5.43 Å². The first-order valence-corrected chi connectivity index (χ1v) is 7.20. The third-order valence-corrected chi connectivity index (χ3v) is 3.38. The molecule has 0 radical (unpaired) electrons. The van der Waals surface area contributed by atoms with Gasteiger partial charge in [0.05, 0.1) is 12.6 Å². The number of hydrazone groups is 1. The highest BCUT2D eigenvalue weighted by atomic mass is 79.9. The number of carbonyl (C=O) groups is 1. The molecule has 1 amide bonds. The van der Waals surface area contributed by atoms with Gasteiger partial charge in [-0.2, -0.15) is 5.10 Å². The van der Waals surface area contributed by atoms with Crippen LogP contribution in [0.4, 0.5) is 0 Å². The van der Waals surface area contributed by atoms with Crippen molar-refractivity contribution in [1.82, 2.24) is 5.43 Å². The normalized spacial score (nSPS) is 10.8. The fraction of sp³-hybridized carbons (Fsp3) is 0.125. The number of rotatable bonds is 4. The number of aryl methyl sites for hydroxylation is 1. The molecule has 0 fully saturated rings. The van der Waals surface area contributed by atoms with Crippen molar-refractivity contribution in [2.24, 2.45) is 5.10 Å². The maximum absolute atomic E-state index is 11.7. The predicted molar refractivity (Wildman–Crippen MR) is 86.4 cm³/mol. The van der Waals surface area contributed by atoms with Gasteiger partial charge in [0.1, 0.15) is 5.75 Å². The molecule has 0 aliphatic rings. The summed E-state index contributed by atoms with van der Waals surface area (Å²) in [5, 5.41) is 13.5. The summed E-state index contributed by atoms with van der Waals surface area (Å²) in [6.07, 6.45) is 1.69. The van der Waals surface area contributed by atoms with E-state index in [4.69, 9.17) is 0 Å². The zero-order valence-corrected chi connectivity index (χ0v) is 13.1. The van der Waals surface area contributed by atoms with E-state index in [2.05, 4.69) is 26.5 Å². The van der Waals surface area contributed by atoms with E-state index < -0.39 is 0 Å². The second-order valence-electron chi connectivity index (χ2n) is 4.66. The predicted octanol–water partition coefficient (Wildman–Crippen LogP) is 3.16. The minimum Gasteiger partial charge on any atom is -0.507 e. The largest absolute Gasteiger partial charge is 0.507 e. The van der Waals surface area contributed by atoms with Gasteiger partial charge in [0, 0.05) is 10.0 Å². The van der Waals surface area contributed by atoms with Crippen molar-refractivity contribution in [2.45, 2.75) is 13.3 Å². The third-order valence-electron chi connectivity index (χ3n) is 2.85. The van der Waals surface area contributed by atoms with Crippen molar-refractivity contribution < 1.29 is 9.90 Å². The van der Waals surface area contributed by atoms with Crippen LogP contribution >= 0.6 is 15.9 Å². The summed E-state index contributed by atoms with van der Waals surface area (Å²) < 4.78 is 0.972. The maximum atomic E-state index is 11.7. The Kier molecular flexibility index (Phi) is 5.11. The number of halogens is 1. The zero-order chi connectivity index (χ0) is 15.2. The van der Waals surface area contributed by atoms with E-state index in [9.17, 15) is 9.90 Å². The van der Waals surface area contributed by atoms with Crippen molar-refractivity contribution in [3.8, 4) is 5.75 Å². The van der Waals surface area contributed by atoms with Crippen LogP contribution in [0.5, 0.6) is 5.75 Å². The molecule has 0 saturated carbocycles. The quantitative estimate of drug-likeness (QED) is 0.659. The Bertz CT molecular complexity index is 666. The van der Waals surface area contributed by atoms with Crippen molar-refractivity contribution in [1.29, 1.82) is 0 Å². The SMILES string of the molecule is Cc1ccc(O)c(/C=N/NC(=O)Cc2ccc(Br)cc2)c1. The Morgan fingerprint density at radius 2 is 2.00 bits per heavy atom. The molecule has 2 rings (SSSR count). The third kappa shape index (κ3) is 4.72. The number of nitrogens with one attached hydrogen (secondary N) is 1. The van der Waals surface area contributed by atoms with Gasteiger partial charge >= 0.3 is 0 Å². The number of nitrogens with zero attached hydrogens (tertiary/aromatic N) is 1. The number of phenols is 1. The molecule has 2 N–H and O–H groups in total. The standard InChI is InChI=1S/C16H15BrN2O2/c1-11-2-7-15(20)13(8-11)10-18-19-16(21)9-12-3-5-14(17)6-4-12/h2-8,10,20H,9H2,1H3,(H,19,21)/b18-10+. The van der Waals surface area contributed by atoms with E-state index in [0.717, 1.165) is 15.6 Å². The molecule has 2 aromatic carbocycles. The average Bonchev–Trinajstić information content (AvgIpc) is 2.45. The van der Waals surface area contributed by atoms with Crippen LogP contribution in [0, 0.1) is 6.92 Å². The van der Waals surface area contributed by atoms with Crippen LogP contribution in [0.1, 0.15) is 16.7 Å². The van der Waals surface area contributed by atoms with Crippen LogP contribution in [-0.2, 0) is 11.2 Å². The molecule has 0 bridgehead atoms. The molecule has 0 atom stereocenters. The molecule has 0 saturated heterocycles. The van der Waals surface area contributed by atoms with E-state index in [0.29, 0.717) is 5.56 Å². The molecule has 21 heavy (non-hydrogen) atoms. The van der Waals surface area contributed by atoms with Crippen LogP contribution in [-0.4, -0.2) is 17.2 Å². The lowest BCUT2D eigenvalue weighted by Crippen LogP contribution is -2.19.